The molecule has 2 amide bonds. The molecule has 0 radical (unpaired) electrons. The molecule has 9 nitrogen and oxygen atoms in total. The van der Waals surface area contributed by atoms with E-state index >= 15 is 0 Å². The molecule has 2 fully saturated rings. The summed E-state index contributed by atoms with van der Waals surface area (Å²) < 4.78 is 18.0. The Hall–Kier alpha value is -3.15. The van der Waals surface area contributed by atoms with Gasteiger partial charge in [-0.3, -0.25) is 14.5 Å². The van der Waals surface area contributed by atoms with Gasteiger partial charge in [0.15, 0.2) is 21.3 Å². The van der Waals surface area contributed by atoms with Crippen LogP contribution in [0.1, 0.15) is 23.9 Å². The predicted molar refractivity (Wildman–Crippen MR) is 140 cm³/mol. The van der Waals surface area contributed by atoms with Crippen molar-refractivity contribution >= 4 is 50.9 Å². The van der Waals surface area contributed by atoms with E-state index in [-0.39, 0.29) is 24.0 Å². The number of phenols is 1. The minimum absolute atomic E-state index is 0.0649. The zero-order chi connectivity index (χ0) is 27.1. The summed E-state index contributed by atoms with van der Waals surface area (Å²) in [4.78, 5) is 50.9. The van der Waals surface area contributed by atoms with Crippen molar-refractivity contribution < 1.29 is 19.1 Å². The van der Waals surface area contributed by atoms with E-state index in [1.165, 1.54) is 21.5 Å². The van der Waals surface area contributed by atoms with E-state index in [9.17, 15) is 28.7 Å². The number of para-hydroxylation sites is 2. The van der Waals surface area contributed by atoms with E-state index in [2.05, 4.69) is 15.9 Å². The largest absolute Gasteiger partial charge is 0.505 e. The van der Waals surface area contributed by atoms with Gasteiger partial charge in [-0.15, -0.1) is 23.2 Å². The number of alkyl halides is 3. The summed E-state index contributed by atoms with van der Waals surface area (Å²) in [6, 6.07) is 11.1. The fourth-order valence-electron chi connectivity index (χ4n) is 5.92. The molecule has 3 aromatic rings. The van der Waals surface area contributed by atoms with E-state index in [1.54, 1.807) is 36.4 Å². The lowest BCUT2D eigenvalue weighted by Gasteiger charge is -2.49. The Balaban J connectivity index is 1.64. The highest BCUT2D eigenvalue weighted by atomic mass is 79.9. The Bertz CT molecular complexity index is 1680. The highest BCUT2D eigenvalue weighted by Gasteiger charge is 2.75. The Morgan fingerprint density at radius 2 is 1.71 bits per heavy atom. The summed E-state index contributed by atoms with van der Waals surface area (Å²) in [5, 5.41) is 10.7. The number of aromatic nitrogens is 3. The number of imide groups is 1. The SMILES string of the molecule is O=C1N(CBr)C(=O)[C@@]2(Cl)[C@@H](c3cccc(F)c3O)C3=CCn4c(=O)n(-c5ccccc5)c(=O)n4[C@@H]3C[C@@]12Cl. The standard InChI is InChI=1S/C25H18BrCl2FN4O5/c26-12-30-20(35)24(27)11-17-14(18(25(24,28)21(30)36)15-7-4-8-16(29)19(15)34)9-10-31-22(37)32(23(38)33(17)31)13-5-2-1-3-6-13/h1-9,17-18,34H,10-12H2/t17-,18-,24-,25+/m1/s1. The van der Waals surface area contributed by atoms with Crippen molar-refractivity contribution in [2.75, 3.05) is 5.45 Å². The molecule has 2 aliphatic heterocycles. The number of allylic oxidation sites excluding steroid dienone is 2. The van der Waals surface area contributed by atoms with Gasteiger partial charge < -0.3 is 5.11 Å². The van der Waals surface area contributed by atoms with E-state index < -0.39 is 56.5 Å². The molecule has 3 aliphatic rings. The molecular formula is C25H18BrCl2FN4O5. The smallest absolute Gasteiger partial charge is 0.352 e. The lowest BCUT2D eigenvalue weighted by Crippen LogP contribution is -2.59. The predicted octanol–water partition coefficient (Wildman–Crippen LogP) is 2.99. The van der Waals surface area contributed by atoms with Crippen molar-refractivity contribution in [2.24, 2.45) is 0 Å². The number of amides is 2. The summed E-state index contributed by atoms with van der Waals surface area (Å²) in [7, 11) is 0. The van der Waals surface area contributed by atoms with E-state index in [0.29, 0.717) is 11.3 Å². The van der Waals surface area contributed by atoms with Crippen LogP contribution in [0.5, 0.6) is 5.75 Å². The number of carbonyl (C=O) groups is 2. The highest BCUT2D eigenvalue weighted by Crippen LogP contribution is 2.64. The second kappa shape index (κ2) is 8.42. The molecule has 6 rings (SSSR count). The first-order valence-corrected chi connectivity index (χ1v) is 13.4. The first-order valence-electron chi connectivity index (χ1n) is 11.5. The highest BCUT2D eigenvalue weighted by molar-refractivity contribution is 9.09. The van der Waals surface area contributed by atoms with Gasteiger partial charge in [-0.25, -0.2) is 27.9 Å². The van der Waals surface area contributed by atoms with Gasteiger partial charge in [0.05, 0.1) is 23.7 Å². The van der Waals surface area contributed by atoms with Crippen LogP contribution in [0.4, 0.5) is 4.39 Å². The van der Waals surface area contributed by atoms with Gasteiger partial charge in [-0.05, 0) is 23.8 Å². The maximum absolute atomic E-state index is 14.6. The van der Waals surface area contributed by atoms with Crippen molar-refractivity contribution in [3.05, 3.63) is 92.5 Å². The monoisotopic (exact) mass is 622 g/mol. The molecule has 196 valence electrons. The summed E-state index contributed by atoms with van der Waals surface area (Å²) >= 11 is 17.2. The number of fused-ring (bicyclic) bond motifs is 4. The maximum atomic E-state index is 14.6. The summed E-state index contributed by atoms with van der Waals surface area (Å²) in [5.74, 6) is -4.63. The molecule has 4 atom stereocenters. The van der Waals surface area contributed by atoms with Crippen LogP contribution in [-0.2, 0) is 16.1 Å². The third-order valence-corrected chi connectivity index (χ3v) is 9.54. The molecule has 1 N–H and O–H groups in total. The minimum atomic E-state index is -2.15. The number of nitrogens with zero attached hydrogens (tertiary/aromatic N) is 4. The van der Waals surface area contributed by atoms with Crippen LogP contribution in [0, 0.1) is 5.82 Å². The number of rotatable bonds is 3. The van der Waals surface area contributed by atoms with Crippen molar-refractivity contribution in [1.82, 2.24) is 18.8 Å². The Labute approximate surface area is 232 Å². The quantitative estimate of drug-likeness (QED) is 0.209. The van der Waals surface area contributed by atoms with E-state index in [1.807, 2.05) is 0 Å². The molecular weight excluding hydrogens is 606 g/mol. The minimum Gasteiger partial charge on any atom is -0.505 e. The molecule has 38 heavy (non-hydrogen) atoms. The molecule has 2 aromatic carbocycles. The lowest BCUT2D eigenvalue weighted by molar-refractivity contribution is -0.138. The number of hydrogen-bond donors (Lipinski definition) is 1. The summed E-state index contributed by atoms with van der Waals surface area (Å²) in [6.07, 6.45) is 1.31. The van der Waals surface area contributed by atoms with Gasteiger partial charge in [0.2, 0.25) is 0 Å². The van der Waals surface area contributed by atoms with Crippen LogP contribution in [0.3, 0.4) is 0 Å². The van der Waals surface area contributed by atoms with Crippen molar-refractivity contribution in [1.29, 1.82) is 0 Å². The molecule has 1 saturated carbocycles. The number of halogens is 4. The first-order chi connectivity index (χ1) is 18.1. The lowest BCUT2D eigenvalue weighted by atomic mass is 9.64. The van der Waals surface area contributed by atoms with E-state index in [0.717, 1.165) is 15.5 Å². The van der Waals surface area contributed by atoms with E-state index in [4.69, 9.17) is 23.2 Å². The van der Waals surface area contributed by atoms with Crippen LogP contribution >= 0.6 is 39.1 Å². The van der Waals surface area contributed by atoms with Crippen molar-refractivity contribution in [3.8, 4) is 11.4 Å². The van der Waals surface area contributed by atoms with Gasteiger partial charge in [0.1, 0.15) is 0 Å². The van der Waals surface area contributed by atoms with Crippen LogP contribution in [-0.4, -0.2) is 51.0 Å². The zero-order valence-electron chi connectivity index (χ0n) is 19.4. The van der Waals surface area contributed by atoms with Gasteiger partial charge in [0, 0.05) is 17.9 Å². The molecule has 1 aromatic heterocycles. The molecule has 0 spiro atoms. The Morgan fingerprint density at radius 1 is 1.00 bits per heavy atom. The normalized spacial score (nSPS) is 28.1. The van der Waals surface area contributed by atoms with Crippen LogP contribution in [0.15, 0.2) is 69.8 Å². The zero-order valence-corrected chi connectivity index (χ0v) is 22.5. The first kappa shape index (κ1) is 25.1. The maximum Gasteiger partial charge on any atom is 0.352 e. The molecule has 1 aliphatic carbocycles. The number of hydrogen-bond acceptors (Lipinski definition) is 5. The summed E-state index contributed by atoms with van der Waals surface area (Å²) in [5.41, 5.74) is -0.849. The topological polar surface area (TPSA) is 107 Å². The fraction of sp³-hybridized carbons (Fsp3) is 0.280. The van der Waals surface area contributed by atoms with Gasteiger partial charge in [0.25, 0.3) is 11.8 Å². The molecule has 1 saturated heterocycles. The number of likely N-dealkylation sites (tertiary alicyclic amines) is 1. The fourth-order valence-corrected chi connectivity index (χ4v) is 7.32. The molecule has 0 unspecified atom stereocenters. The molecule has 3 heterocycles. The van der Waals surface area contributed by atoms with Gasteiger partial charge in [-0.1, -0.05) is 52.3 Å². The third kappa shape index (κ3) is 2.97. The summed E-state index contributed by atoms with van der Waals surface area (Å²) in [6.45, 7) is -0.0706. The van der Waals surface area contributed by atoms with Crippen LogP contribution < -0.4 is 11.4 Å². The van der Waals surface area contributed by atoms with Gasteiger partial charge in [-0.2, -0.15) is 0 Å². The Morgan fingerprint density at radius 3 is 2.39 bits per heavy atom. The molecule has 0 bridgehead atoms. The van der Waals surface area contributed by atoms with Crippen LogP contribution in [0.25, 0.3) is 5.69 Å². The second-order valence-electron chi connectivity index (χ2n) is 9.37. The third-order valence-electron chi connectivity index (χ3n) is 7.63. The number of aromatic hydroxyl groups is 1. The average Bonchev–Trinajstić information content (AvgIpc) is 3.24. The number of benzene rings is 2. The number of carbonyl (C=O) groups excluding carboxylic acids is 2. The molecule has 13 heteroatoms. The Kier molecular flexibility index (Phi) is 5.57. The van der Waals surface area contributed by atoms with Crippen molar-refractivity contribution in [2.45, 2.75) is 34.7 Å². The average molecular weight is 624 g/mol. The van der Waals surface area contributed by atoms with Crippen molar-refractivity contribution in [3.63, 3.8) is 0 Å². The second-order valence-corrected chi connectivity index (χ2v) is 11.1. The van der Waals surface area contributed by atoms with Gasteiger partial charge >= 0.3 is 11.4 Å². The number of phenolic OH excluding ortho intramolecular Hbond substituents is 1. The van der Waals surface area contributed by atoms with Crippen LogP contribution in [0.2, 0.25) is 0 Å².